The normalized spacial score (nSPS) is 12.4. The van der Waals surface area contributed by atoms with E-state index >= 15 is 0 Å². The molecule has 96 valence electrons. The number of H-pyrrole nitrogens is 1. The second-order valence-corrected chi connectivity index (χ2v) is 4.01. The minimum atomic E-state index is -0.407. The van der Waals surface area contributed by atoms with Crippen LogP contribution in [0.2, 0.25) is 0 Å². The second-order valence-electron chi connectivity index (χ2n) is 4.01. The summed E-state index contributed by atoms with van der Waals surface area (Å²) < 4.78 is 13.0. The van der Waals surface area contributed by atoms with Crippen molar-refractivity contribution in [1.29, 1.82) is 0 Å². The van der Waals surface area contributed by atoms with Gasteiger partial charge in [-0.1, -0.05) is 0 Å². The fraction of sp³-hybridized carbons (Fsp3) is 0.333. The molecular weight excluding hydrogens is 235 g/mol. The number of rotatable bonds is 4. The lowest BCUT2D eigenvalue weighted by Crippen LogP contribution is -2.37. The van der Waals surface area contributed by atoms with Gasteiger partial charge in [0.25, 0.3) is 0 Å². The van der Waals surface area contributed by atoms with Gasteiger partial charge in [0.15, 0.2) is 0 Å². The van der Waals surface area contributed by atoms with Gasteiger partial charge in [0.2, 0.25) is 11.9 Å². The third-order valence-corrected chi connectivity index (χ3v) is 2.54. The van der Waals surface area contributed by atoms with Gasteiger partial charge in [0, 0.05) is 6.54 Å². The topological polar surface area (TPSA) is 69.8 Å². The SMILES string of the molecule is CCNC(=O)C(C)Nc1nc2ccc(F)cc2[nH]1. The van der Waals surface area contributed by atoms with E-state index in [-0.39, 0.29) is 11.7 Å². The molecule has 0 fully saturated rings. The molecule has 6 heteroatoms. The zero-order valence-electron chi connectivity index (χ0n) is 10.2. The Kier molecular flexibility index (Phi) is 3.45. The van der Waals surface area contributed by atoms with Crippen LogP contribution in [0.4, 0.5) is 10.3 Å². The number of carbonyl (C=O) groups is 1. The Bertz CT molecular complexity index is 566. The Morgan fingerprint density at radius 1 is 1.56 bits per heavy atom. The molecule has 0 radical (unpaired) electrons. The van der Waals surface area contributed by atoms with Crippen molar-refractivity contribution in [2.75, 3.05) is 11.9 Å². The minimum absolute atomic E-state index is 0.107. The van der Waals surface area contributed by atoms with E-state index in [0.29, 0.717) is 23.5 Å². The average Bonchev–Trinajstić information content (AvgIpc) is 2.70. The third kappa shape index (κ3) is 2.58. The number of halogens is 1. The molecule has 0 aliphatic carbocycles. The van der Waals surface area contributed by atoms with Crippen LogP contribution in [0.15, 0.2) is 18.2 Å². The van der Waals surface area contributed by atoms with Gasteiger partial charge in [-0.05, 0) is 32.0 Å². The highest BCUT2D eigenvalue weighted by Gasteiger charge is 2.13. The van der Waals surface area contributed by atoms with Crippen molar-refractivity contribution in [3.8, 4) is 0 Å². The van der Waals surface area contributed by atoms with Gasteiger partial charge in [0.05, 0.1) is 11.0 Å². The molecule has 0 saturated heterocycles. The zero-order chi connectivity index (χ0) is 13.1. The first-order chi connectivity index (χ1) is 8.60. The Balaban J connectivity index is 2.14. The highest BCUT2D eigenvalue weighted by atomic mass is 19.1. The Hall–Kier alpha value is -2.11. The molecule has 3 N–H and O–H groups in total. The molecule has 18 heavy (non-hydrogen) atoms. The van der Waals surface area contributed by atoms with Crippen molar-refractivity contribution < 1.29 is 9.18 Å². The summed E-state index contributed by atoms with van der Waals surface area (Å²) in [4.78, 5) is 18.7. The van der Waals surface area contributed by atoms with E-state index in [0.717, 1.165) is 0 Å². The molecule has 1 aromatic heterocycles. The summed E-state index contributed by atoms with van der Waals surface area (Å²) in [7, 11) is 0. The molecule has 5 nitrogen and oxygen atoms in total. The molecular formula is C12H15FN4O. The quantitative estimate of drug-likeness (QED) is 0.772. The van der Waals surface area contributed by atoms with Gasteiger partial charge in [-0.15, -0.1) is 0 Å². The second kappa shape index (κ2) is 5.03. The Morgan fingerprint density at radius 3 is 3.06 bits per heavy atom. The summed E-state index contributed by atoms with van der Waals surface area (Å²) in [6.45, 7) is 4.17. The summed E-state index contributed by atoms with van der Waals surface area (Å²) in [6, 6.07) is 3.89. The van der Waals surface area contributed by atoms with Crippen molar-refractivity contribution >= 4 is 22.9 Å². The van der Waals surface area contributed by atoms with Crippen LogP contribution in [-0.2, 0) is 4.79 Å². The molecule has 0 bridgehead atoms. The highest BCUT2D eigenvalue weighted by Crippen LogP contribution is 2.15. The number of amides is 1. The summed E-state index contributed by atoms with van der Waals surface area (Å²) >= 11 is 0. The number of likely N-dealkylation sites (N-methyl/N-ethyl adjacent to an activating group) is 1. The first kappa shape index (κ1) is 12.3. The first-order valence-corrected chi connectivity index (χ1v) is 5.79. The molecule has 2 rings (SSSR count). The van der Waals surface area contributed by atoms with E-state index in [1.807, 2.05) is 6.92 Å². The van der Waals surface area contributed by atoms with Crippen LogP contribution < -0.4 is 10.6 Å². The number of hydrogen-bond acceptors (Lipinski definition) is 3. The minimum Gasteiger partial charge on any atom is -0.355 e. The number of nitrogens with one attached hydrogen (secondary N) is 3. The van der Waals surface area contributed by atoms with Crippen molar-refractivity contribution in [3.05, 3.63) is 24.0 Å². The summed E-state index contributed by atoms with van der Waals surface area (Å²) in [5, 5.41) is 5.64. The number of imidazole rings is 1. The smallest absolute Gasteiger partial charge is 0.242 e. The first-order valence-electron chi connectivity index (χ1n) is 5.79. The van der Waals surface area contributed by atoms with E-state index in [1.54, 1.807) is 13.0 Å². The fourth-order valence-electron chi connectivity index (χ4n) is 1.65. The van der Waals surface area contributed by atoms with Gasteiger partial charge >= 0.3 is 0 Å². The average molecular weight is 250 g/mol. The number of nitrogens with zero attached hydrogens (tertiary/aromatic N) is 1. The van der Waals surface area contributed by atoms with E-state index in [1.165, 1.54) is 12.1 Å². The lowest BCUT2D eigenvalue weighted by atomic mass is 10.3. The largest absolute Gasteiger partial charge is 0.355 e. The van der Waals surface area contributed by atoms with Crippen LogP contribution in [0.25, 0.3) is 11.0 Å². The van der Waals surface area contributed by atoms with Crippen LogP contribution in [0.3, 0.4) is 0 Å². The number of carbonyl (C=O) groups excluding carboxylic acids is 1. The summed E-state index contributed by atoms with van der Waals surface area (Å²) in [6.07, 6.45) is 0. The molecule has 1 unspecified atom stereocenters. The summed E-state index contributed by atoms with van der Waals surface area (Å²) in [5.74, 6) is 0.0213. The third-order valence-electron chi connectivity index (χ3n) is 2.54. The Labute approximate surface area is 104 Å². The molecule has 1 amide bonds. The lowest BCUT2D eigenvalue weighted by Gasteiger charge is -2.11. The number of anilines is 1. The molecule has 2 aromatic rings. The van der Waals surface area contributed by atoms with Crippen LogP contribution >= 0.6 is 0 Å². The molecule has 0 aliphatic heterocycles. The molecule has 0 aliphatic rings. The lowest BCUT2D eigenvalue weighted by molar-refractivity contribution is -0.121. The van der Waals surface area contributed by atoms with Crippen molar-refractivity contribution in [3.63, 3.8) is 0 Å². The number of hydrogen-bond donors (Lipinski definition) is 3. The monoisotopic (exact) mass is 250 g/mol. The number of fused-ring (bicyclic) bond motifs is 1. The molecule has 1 atom stereocenters. The highest BCUT2D eigenvalue weighted by molar-refractivity contribution is 5.84. The predicted octanol–water partition coefficient (Wildman–Crippen LogP) is 1.64. The van der Waals surface area contributed by atoms with Crippen LogP contribution in [-0.4, -0.2) is 28.5 Å². The zero-order valence-corrected chi connectivity index (χ0v) is 10.2. The molecule has 0 spiro atoms. The van der Waals surface area contributed by atoms with E-state index < -0.39 is 6.04 Å². The van der Waals surface area contributed by atoms with Gasteiger partial charge in [-0.2, -0.15) is 0 Å². The van der Waals surface area contributed by atoms with Gasteiger partial charge in [-0.3, -0.25) is 4.79 Å². The van der Waals surface area contributed by atoms with Gasteiger partial charge in [0.1, 0.15) is 11.9 Å². The van der Waals surface area contributed by atoms with Gasteiger partial charge < -0.3 is 15.6 Å². The molecule has 1 aromatic carbocycles. The van der Waals surface area contributed by atoms with Crippen molar-refractivity contribution in [2.24, 2.45) is 0 Å². The predicted molar refractivity (Wildman–Crippen MR) is 67.8 cm³/mol. The van der Waals surface area contributed by atoms with Crippen LogP contribution in [0.5, 0.6) is 0 Å². The van der Waals surface area contributed by atoms with Crippen molar-refractivity contribution in [2.45, 2.75) is 19.9 Å². The maximum Gasteiger partial charge on any atom is 0.242 e. The van der Waals surface area contributed by atoms with Gasteiger partial charge in [-0.25, -0.2) is 9.37 Å². The molecule has 0 saturated carbocycles. The van der Waals surface area contributed by atoms with E-state index in [9.17, 15) is 9.18 Å². The maximum absolute atomic E-state index is 13.0. The number of aromatic amines is 1. The van der Waals surface area contributed by atoms with Crippen LogP contribution in [0, 0.1) is 5.82 Å². The fourth-order valence-corrected chi connectivity index (χ4v) is 1.65. The summed E-state index contributed by atoms with van der Waals surface area (Å²) in [5.41, 5.74) is 1.25. The van der Waals surface area contributed by atoms with E-state index in [2.05, 4.69) is 20.6 Å². The number of benzene rings is 1. The molecule has 1 heterocycles. The van der Waals surface area contributed by atoms with Crippen molar-refractivity contribution in [1.82, 2.24) is 15.3 Å². The maximum atomic E-state index is 13.0. The van der Waals surface area contributed by atoms with Crippen LogP contribution in [0.1, 0.15) is 13.8 Å². The van der Waals surface area contributed by atoms with E-state index in [4.69, 9.17) is 0 Å². The number of aromatic nitrogens is 2. The Morgan fingerprint density at radius 2 is 2.33 bits per heavy atom. The standard InChI is InChI=1S/C12H15FN4O/c1-3-14-11(18)7(2)15-12-16-9-5-4-8(13)6-10(9)17-12/h4-7H,3H2,1-2H3,(H,14,18)(H2,15,16,17).